The highest BCUT2D eigenvalue weighted by Gasteiger charge is 2.16. The molecule has 0 heterocycles. The zero-order chi connectivity index (χ0) is 24.6. The van der Waals surface area contributed by atoms with Crippen molar-refractivity contribution in [3.63, 3.8) is 0 Å². The molecule has 0 saturated heterocycles. The third kappa shape index (κ3) is 8.84. The van der Waals surface area contributed by atoms with Gasteiger partial charge in [0.15, 0.2) is 6.61 Å². The van der Waals surface area contributed by atoms with Crippen molar-refractivity contribution in [2.75, 3.05) is 23.8 Å². The predicted octanol–water partition coefficient (Wildman–Crippen LogP) is 4.48. The predicted molar refractivity (Wildman–Crippen MR) is 129 cm³/mol. The molecule has 0 spiro atoms. The minimum atomic E-state index is -0.597. The van der Waals surface area contributed by atoms with Crippen molar-refractivity contribution in [2.24, 2.45) is 0 Å². The van der Waals surface area contributed by atoms with E-state index in [9.17, 15) is 14.4 Å². The van der Waals surface area contributed by atoms with E-state index in [-0.39, 0.29) is 31.4 Å². The third-order valence-corrected chi connectivity index (χ3v) is 4.67. The van der Waals surface area contributed by atoms with Gasteiger partial charge in [0.1, 0.15) is 11.4 Å². The number of carbonyl (C=O) groups excluding carboxylic acids is 3. The number of alkyl carbamates (subject to hydrolysis) is 1. The van der Waals surface area contributed by atoms with Gasteiger partial charge in [-0.2, -0.15) is 0 Å². The largest absolute Gasteiger partial charge is 0.483 e. The first-order valence-corrected chi connectivity index (χ1v) is 10.8. The van der Waals surface area contributed by atoms with Crippen LogP contribution in [0.25, 0.3) is 0 Å². The Morgan fingerprint density at radius 1 is 0.879 bits per heavy atom. The van der Waals surface area contributed by atoms with Gasteiger partial charge in [-0.05, 0) is 76.4 Å². The number of nitrogens with one attached hydrogen (secondary N) is 3. The molecule has 8 nitrogen and oxygen atoms in total. The maximum Gasteiger partial charge on any atom is 0.407 e. The van der Waals surface area contributed by atoms with Crippen LogP contribution in [0.2, 0.25) is 0 Å². The summed E-state index contributed by atoms with van der Waals surface area (Å²) in [5.74, 6) is 0.134. The molecule has 3 amide bonds. The van der Waals surface area contributed by atoms with E-state index in [0.29, 0.717) is 17.1 Å². The van der Waals surface area contributed by atoms with Crippen LogP contribution < -0.4 is 20.7 Å². The molecule has 178 valence electrons. The lowest BCUT2D eigenvalue weighted by atomic mass is 10.1. The monoisotopic (exact) mass is 455 g/mol. The Bertz CT molecular complexity index is 1010. The van der Waals surface area contributed by atoms with E-state index >= 15 is 0 Å². The van der Waals surface area contributed by atoms with Crippen LogP contribution in [0.4, 0.5) is 16.2 Å². The van der Waals surface area contributed by atoms with Crippen LogP contribution in [0.15, 0.2) is 36.4 Å². The Balaban J connectivity index is 1.83. The second-order valence-corrected chi connectivity index (χ2v) is 8.80. The Kier molecular flexibility index (Phi) is 8.85. The van der Waals surface area contributed by atoms with Crippen LogP contribution in [-0.2, 0) is 14.3 Å². The number of hydrogen-bond acceptors (Lipinski definition) is 5. The molecule has 8 heteroatoms. The van der Waals surface area contributed by atoms with Gasteiger partial charge in [0.05, 0.1) is 0 Å². The molecule has 0 fully saturated rings. The van der Waals surface area contributed by atoms with Gasteiger partial charge in [-0.1, -0.05) is 18.2 Å². The molecule has 0 aliphatic rings. The molecule has 0 aromatic heterocycles. The zero-order valence-corrected chi connectivity index (χ0v) is 20.1. The lowest BCUT2D eigenvalue weighted by molar-refractivity contribution is -0.118. The van der Waals surface area contributed by atoms with Gasteiger partial charge >= 0.3 is 6.09 Å². The minimum absolute atomic E-state index is 0.0822. The molecule has 2 aromatic carbocycles. The summed E-state index contributed by atoms with van der Waals surface area (Å²) < 4.78 is 10.9. The first kappa shape index (κ1) is 25.7. The molecule has 2 rings (SSSR count). The van der Waals surface area contributed by atoms with Crippen molar-refractivity contribution >= 4 is 29.3 Å². The molecular weight excluding hydrogens is 422 g/mol. The lowest BCUT2D eigenvalue weighted by Crippen LogP contribution is -2.34. The summed E-state index contributed by atoms with van der Waals surface area (Å²) in [7, 11) is 0. The second kappa shape index (κ2) is 11.4. The molecule has 33 heavy (non-hydrogen) atoms. The Morgan fingerprint density at radius 2 is 1.48 bits per heavy atom. The molecule has 0 aliphatic carbocycles. The van der Waals surface area contributed by atoms with Gasteiger partial charge in [0.2, 0.25) is 5.91 Å². The second-order valence-electron chi connectivity index (χ2n) is 8.80. The number of benzene rings is 2. The molecule has 0 unspecified atom stereocenters. The Labute approximate surface area is 195 Å². The highest BCUT2D eigenvalue weighted by molar-refractivity contribution is 5.94. The quantitative estimate of drug-likeness (QED) is 0.544. The van der Waals surface area contributed by atoms with Crippen molar-refractivity contribution < 1.29 is 23.9 Å². The fourth-order valence-corrected chi connectivity index (χ4v) is 2.97. The van der Waals surface area contributed by atoms with E-state index in [2.05, 4.69) is 16.0 Å². The average molecular weight is 456 g/mol. The third-order valence-electron chi connectivity index (χ3n) is 4.67. The molecule has 0 saturated carbocycles. The topological polar surface area (TPSA) is 106 Å². The van der Waals surface area contributed by atoms with Gasteiger partial charge in [-0.3, -0.25) is 9.59 Å². The van der Waals surface area contributed by atoms with E-state index < -0.39 is 11.7 Å². The van der Waals surface area contributed by atoms with Crippen molar-refractivity contribution in [3.8, 4) is 5.75 Å². The maximum atomic E-state index is 12.4. The summed E-state index contributed by atoms with van der Waals surface area (Å²) in [6, 6.07) is 10.8. The maximum absolute atomic E-state index is 12.4. The van der Waals surface area contributed by atoms with Gasteiger partial charge in [0, 0.05) is 24.3 Å². The van der Waals surface area contributed by atoms with Gasteiger partial charge in [0.25, 0.3) is 5.91 Å². The molecule has 3 N–H and O–H groups in total. The number of hydrogen-bond donors (Lipinski definition) is 3. The van der Waals surface area contributed by atoms with E-state index in [1.165, 1.54) is 0 Å². The van der Waals surface area contributed by atoms with Gasteiger partial charge in [-0.25, -0.2) is 4.79 Å². The number of carbonyl (C=O) groups is 3. The molecular formula is C25H33N3O5. The highest BCUT2D eigenvalue weighted by atomic mass is 16.6. The van der Waals surface area contributed by atoms with Gasteiger partial charge < -0.3 is 25.4 Å². The first-order valence-electron chi connectivity index (χ1n) is 10.8. The average Bonchev–Trinajstić information content (AvgIpc) is 2.69. The van der Waals surface area contributed by atoms with Gasteiger partial charge in [-0.15, -0.1) is 0 Å². The zero-order valence-electron chi connectivity index (χ0n) is 20.1. The summed E-state index contributed by atoms with van der Waals surface area (Å²) in [6.45, 7) is 11.2. The van der Waals surface area contributed by atoms with Crippen LogP contribution in [-0.4, -0.2) is 36.7 Å². The van der Waals surface area contributed by atoms with E-state index in [1.807, 2.05) is 32.9 Å². The van der Waals surface area contributed by atoms with E-state index in [0.717, 1.165) is 16.7 Å². The fourth-order valence-electron chi connectivity index (χ4n) is 2.97. The lowest BCUT2D eigenvalue weighted by Gasteiger charge is -2.19. The van der Waals surface area contributed by atoms with Crippen molar-refractivity contribution in [2.45, 2.75) is 53.6 Å². The Morgan fingerprint density at radius 3 is 2.12 bits per heavy atom. The fraction of sp³-hybridized carbons (Fsp3) is 0.400. The minimum Gasteiger partial charge on any atom is -0.483 e. The molecule has 2 aromatic rings. The summed E-state index contributed by atoms with van der Waals surface area (Å²) >= 11 is 0. The van der Waals surface area contributed by atoms with Crippen molar-refractivity contribution in [1.82, 2.24) is 5.32 Å². The van der Waals surface area contributed by atoms with Crippen molar-refractivity contribution in [3.05, 3.63) is 53.1 Å². The molecule has 0 radical (unpaired) electrons. The first-order chi connectivity index (χ1) is 15.4. The molecule has 0 atom stereocenters. The van der Waals surface area contributed by atoms with Crippen LogP contribution >= 0.6 is 0 Å². The normalized spacial score (nSPS) is 10.8. The number of rotatable bonds is 8. The van der Waals surface area contributed by atoms with Crippen LogP contribution in [0.3, 0.4) is 0 Å². The smallest absolute Gasteiger partial charge is 0.407 e. The summed E-state index contributed by atoms with van der Waals surface area (Å²) in [4.78, 5) is 36.1. The van der Waals surface area contributed by atoms with Crippen LogP contribution in [0, 0.1) is 20.8 Å². The van der Waals surface area contributed by atoms with Crippen molar-refractivity contribution in [1.29, 1.82) is 0 Å². The van der Waals surface area contributed by atoms with Crippen LogP contribution in [0.1, 0.15) is 43.9 Å². The summed E-state index contributed by atoms with van der Waals surface area (Å²) in [5, 5.41) is 8.05. The van der Waals surface area contributed by atoms with Crippen LogP contribution in [0.5, 0.6) is 5.75 Å². The summed E-state index contributed by atoms with van der Waals surface area (Å²) in [5.41, 5.74) is 3.54. The highest BCUT2D eigenvalue weighted by Crippen LogP contribution is 2.25. The van der Waals surface area contributed by atoms with E-state index in [1.54, 1.807) is 45.0 Å². The Hall–Kier alpha value is -3.55. The standard InChI is InChI=1S/C25H33N3O5/c1-16-10-11-17(2)23(18(16)3)32-15-22(30)28-20-9-7-8-19(14-20)27-21(29)12-13-26-24(31)33-25(4,5)6/h7-11,14H,12-13,15H2,1-6H3,(H,26,31)(H,27,29)(H,28,30). The summed E-state index contributed by atoms with van der Waals surface area (Å²) in [6.07, 6.45) is -0.489. The van der Waals surface area contributed by atoms with E-state index in [4.69, 9.17) is 9.47 Å². The number of ether oxygens (including phenoxy) is 2. The molecule has 0 aliphatic heterocycles. The number of aryl methyl sites for hydroxylation is 2. The number of anilines is 2. The SMILES string of the molecule is Cc1ccc(C)c(OCC(=O)Nc2cccc(NC(=O)CCNC(=O)OC(C)(C)C)c2)c1C. The molecule has 0 bridgehead atoms. The number of amides is 3.